The van der Waals surface area contributed by atoms with Crippen LogP contribution in [0.5, 0.6) is 0 Å². The summed E-state index contributed by atoms with van der Waals surface area (Å²) >= 11 is 0. The van der Waals surface area contributed by atoms with E-state index in [0.717, 1.165) is 28.2 Å². The maximum absolute atomic E-state index is 14.4. The molecule has 2 aromatic heterocycles. The number of benzene rings is 2. The summed E-state index contributed by atoms with van der Waals surface area (Å²) in [6, 6.07) is 16.7. The number of aryl methyl sites for hydroxylation is 1. The van der Waals surface area contributed by atoms with E-state index in [-0.39, 0.29) is 12.4 Å². The fraction of sp³-hybridized carbons (Fsp3) is 0.143. The van der Waals surface area contributed by atoms with Crippen molar-refractivity contribution in [3.63, 3.8) is 0 Å². The predicted molar refractivity (Wildman–Crippen MR) is 143 cm³/mol. The molecule has 0 bridgehead atoms. The normalized spacial score (nSPS) is 12.5. The molecule has 7 nitrogen and oxygen atoms in total. The smallest absolute Gasteiger partial charge is 0.182 e. The monoisotopic (exact) mass is 479 g/mol. The van der Waals surface area contributed by atoms with Crippen LogP contribution in [0.4, 0.5) is 15.9 Å². The average Bonchev–Trinajstić information content (AvgIpc) is 3.56. The van der Waals surface area contributed by atoms with Gasteiger partial charge in [-0.1, -0.05) is 54.6 Å². The van der Waals surface area contributed by atoms with E-state index in [2.05, 4.69) is 33.3 Å². The Bertz CT molecular complexity index is 1500. The molecule has 5 rings (SSSR count). The predicted octanol–water partition coefficient (Wildman–Crippen LogP) is 5.32. The first-order valence-electron chi connectivity index (χ1n) is 11.6. The zero-order chi connectivity index (χ0) is 25.1. The largest absolute Gasteiger partial charge is 0.371 e. The Morgan fingerprint density at radius 3 is 2.75 bits per heavy atom. The maximum Gasteiger partial charge on any atom is 0.182 e. The summed E-state index contributed by atoms with van der Waals surface area (Å²) in [6.07, 6.45) is 5.63. The van der Waals surface area contributed by atoms with Crippen molar-refractivity contribution < 1.29 is 4.39 Å². The zero-order valence-corrected chi connectivity index (χ0v) is 20.2. The van der Waals surface area contributed by atoms with Crippen molar-refractivity contribution >= 4 is 22.9 Å². The van der Waals surface area contributed by atoms with Gasteiger partial charge in [-0.3, -0.25) is 9.67 Å². The molecule has 0 fully saturated rings. The van der Waals surface area contributed by atoms with Crippen LogP contribution in [0.2, 0.25) is 0 Å². The number of nitrogens with zero attached hydrogens (tertiary/aromatic N) is 5. The number of allylic oxidation sites excluding steroid dienone is 1. The molecule has 1 aliphatic rings. The van der Waals surface area contributed by atoms with Crippen LogP contribution in [0.15, 0.2) is 84.5 Å². The van der Waals surface area contributed by atoms with Gasteiger partial charge in [0, 0.05) is 18.3 Å². The van der Waals surface area contributed by atoms with E-state index in [9.17, 15) is 4.39 Å². The highest BCUT2D eigenvalue weighted by atomic mass is 19.1. The van der Waals surface area contributed by atoms with Crippen molar-refractivity contribution in [2.75, 3.05) is 24.2 Å². The second-order valence-corrected chi connectivity index (χ2v) is 8.47. The van der Waals surface area contributed by atoms with E-state index >= 15 is 0 Å². The molecule has 0 amide bonds. The fourth-order valence-electron chi connectivity index (χ4n) is 4.03. The fourth-order valence-corrected chi connectivity index (χ4v) is 4.03. The lowest BCUT2D eigenvalue weighted by Crippen LogP contribution is -2.11. The molecule has 8 heteroatoms. The van der Waals surface area contributed by atoms with Crippen LogP contribution in [0, 0.1) is 12.7 Å². The Morgan fingerprint density at radius 2 is 2.00 bits per heavy atom. The van der Waals surface area contributed by atoms with E-state index in [0.29, 0.717) is 35.1 Å². The minimum atomic E-state index is -0.276. The van der Waals surface area contributed by atoms with Gasteiger partial charge >= 0.3 is 0 Å². The van der Waals surface area contributed by atoms with Crippen LogP contribution < -0.4 is 10.6 Å². The Morgan fingerprint density at radius 1 is 1.14 bits per heavy atom. The second kappa shape index (κ2) is 9.95. The van der Waals surface area contributed by atoms with Gasteiger partial charge in [0.15, 0.2) is 11.6 Å². The van der Waals surface area contributed by atoms with Crippen molar-refractivity contribution in [2.45, 2.75) is 13.5 Å². The highest BCUT2D eigenvalue weighted by Crippen LogP contribution is 2.27. The molecule has 0 saturated carbocycles. The van der Waals surface area contributed by atoms with Crippen LogP contribution in [-0.2, 0) is 6.54 Å². The number of hydrogen-bond acceptors (Lipinski definition) is 6. The van der Waals surface area contributed by atoms with E-state index in [1.54, 1.807) is 30.1 Å². The molecule has 2 N–H and O–H groups in total. The lowest BCUT2D eigenvalue weighted by atomic mass is 10.1. The highest BCUT2D eigenvalue weighted by Gasteiger charge is 2.18. The molecule has 0 radical (unpaired) electrons. The third-order valence-corrected chi connectivity index (χ3v) is 5.87. The third-order valence-electron chi connectivity index (χ3n) is 5.87. The molecule has 0 unspecified atom stereocenters. The number of rotatable bonds is 8. The SMILES string of the molecule is C=C(Nc1cnc(-c2cc(C3=NCC=C3)n(Cc3ccccc3F)n2)nc1NC)c1cccc(C)c1. The lowest BCUT2D eigenvalue weighted by Gasteiger charge is -2.14. The van der Waals surface area contributed by atoms with Crippen LogP contribution in [0.1, 0.15) is 22.4 Å². The number of nitrogens with one attached hydrogen (secondary N) is 2. The molecule has 4 aromatic rings. The van der Waals surface area contributed by atoms with Gasteiger partial charge in [0.25, 0.3) is 0 Å². The Hall–Kier alpha value is -4.59. The molecular weight excluding hydrogens is 453 g/mol. The topological polar surface area (TPSA) is 80.0 Å². The first-order valence-corrected chi connectivity index (χ1v) is 11.6. The standard InChI is InChI=1S/C28H26FN7/c1-18-8-6-10-20(14-18)19(2)33-25-16-32-28(34-27(25)30-3)24-15-26(23-12-7-13-31-23)36(35-24)17-21-9-4-5-11-22(21)29/h4-12,14-16,33H,2,13,17H2,1,3H3,(H,30,32,34). The van der Waals surface area contributed by atoms with Crippen molar-refractivity contribution in [1.29, 1.82) is 0 Å². The van der Waals surface area contributed by atoms with E-state index < -0.39 is 0 Å². The third kappa shape index (κ3) is 4.79. The molecule has 0 spiro atoms. The quantitative estimate of drug-likeness (QED) is 0.358. The van der Waals surface area contributed by atoms with Crippen molar-refractivity contribution in [3.05, 3.63) is 108 Å². The summed E-state index contributed by atoms with van der Waals surface area (Å²) in [7, 11) is 1.80. The van der Waals surface area contributed by atoms with E-state index in [1.807, 2.05) is 49.4 Å². The maximum atomic E-state index is 14.4. The molecule has 1 aliphatic heterocycles. The summed E-state index contributed by atoms with van der Waals surface area (Å²) in [5.41, 5.74) is 6.28. The minimum absolute atomic E-state index is 0.268. The van der Waals surface area contributed by atoms with Crippen molar-refractivity contribution in [2.24, 2.45) is 4.99 Å². The van der Waals surface area contributed by atoms with E-state index in [1.165, 1.54) is 6.07 Å². The molecule has 3 heterocycles. The van der Waals surface area contributed by atoms with Gasteiger partial charge in [-0.25, -0.2) is 14.4 Å². The minimum Gasteiger partial charge on any atom is -0.371 e. The van der Waals surface area contributed by atoms with Gasteiger partial charge in [0.05, 0.1) is 30.7 Å². The summed E-state index contributed by atoms with van der Waals surface area (Å²) < 4.78 is 16.1. The first-order chi connectivity index (χ1) is 17.5. The van der Waals surface area contributed by atoms with Gasteiger partial charge in [-0.15, -0.1) is 0 Å². The number of anilines is 2. The van der Waals surface area contributed by atoms with Crippen LogP contribution in [0.25, 0.3) is 17.2 Å². The Balaban J connectivity index is 1.47. The number of aromatic nitrogens is 4. The van der Waals surface area contributed by atoms with Gasteiger partial charge in [-0.2, -0.15) is 5.10 Å². The summed E-state index contributed by atoms with van der Waals surface area (Å²) in [6.45, 7) is 7.08. The average molecular weight is 480 g/mol. The second-order valence-electron chi connectivity index (χ2n) is 8.47. The molecular formula is C28H26FN7. The Labute approximate surface area is 209 Å². The van der Waals surface area contributed by atoms with Crippen molar-refractivity contribution in [1.82, 2.24) is 19.7 Å². The molecule has 180 valence electrons. The highest BCUT2D eigenvalue weighted by molar-refractivity contribution is 6.09. The summed E-state index contributed by atoms with van der Waals surface area (Å²) in [5, 5.41) is 11.2. The van der Waals surface area contributed by atoms with Gasteiger partial charge in [0.1, 0.15) is 17.2 Å². The number of aliphatic imine (C=N–C) groups is 1. The molecule has 36 heavy (non-hydrogen) atoms. The van der Waals surface area contributed by atoms with Gasteiger partial charge in [-0.05, 0) is 36.8 Å². The molecule has 0 aliphatic carbocycles. The van der Waals surface area contributed by atoms with Crippen molar-refractivity contribution in [3.8, 4) is 11.5 Å². The van der Waals surface area contributed by atoms with Crippen LogP contribution in [0.3, 0.4) is 0 Å². The van der Waals surface area contributed by atoms with Crippen LogP contribution in [-0.4, -0.2) is 39.1 Å². The summed E-state index contributed by atoms with van der Waals surface area (Å²) in [5.74, 6) is 0.779. The first kappa shape index (κ1) is 23.2. The molecule has 0 saturated heterocycles. The number of halogens is 1. The zero-order valence-electron chi connectivity index (χ0n) is 20.2. The van der Waals surface area contributed by atoms with Crippen LogP contribution >= 0.6 is 0 Å². The lowest BCUT2D eigenvalue weighted by molar-refractivity contribution is 0.584. The summed E-state index contributed by atoms with van der Waals surface area (Å²) in [4.78, 5) is 13.8. The molecule has 0 atom stereocenters. The number of hydrogen-bond donors (Lipinski definition) is 2. The Kier molecular flexibility index (Phi) is 6.40. The molecule has 2 aromatic carbocycles. The van der Waals surface area contributed by atoms with Gasteiger partial charge in [0.2, 0.25) is 0 Å². The van der Waals surface area contributed by atoms with Gasteiger partial charge < -0.3 is 10.6 Å². The van der Waals surface area contributed by atoms with E-state index in [4.69, 9.17) is 10.1 Å².